The van der Waals surface area contributed by atoms with Crippen LogP contribution in [0.3, 0.4) is 0 Å². The summed E-state index contributed by atoms with van der Waals surface area (Å²) < 4.78 is 18.7. The summed E-state index contributed by atoms with van der Waals surface area (Å²) in [6, 6.07) is 12.7. The molecule has 1 aromatic heterocycles. The van der Waals surface area contributed by atoms with Gasteiger partial charge in [0, 0.05) is 5.39 Å². The maximum atomic E-state index is 13.4. The van der Waals surface area contributed by atoms with Gasteiger partial charge in [-0.15, -0.1) is 0 Å². The smallest absolute Gasteiger partial charge is 0.272 e. The molecule has 2 aromatic carbocycles. The van der Waals surface area contributed by atoms with E-state index in [4.69, 9.17) is 4.74 Å². The highest BCUT2D eigenvalue weighted by atomic mass is 19.1. The Kier molecular flexibility index (Phi) is 4.51. The molecule has 0 bridgehead atoms. The maximum Gasteiger partial charge on any atom is 0.272 e. The SMILES string of the molecule is O=C(NCCOc1ccccc1F)c1n[nH]c(=O)c2ccccc12. The summed E-state index contributed by atoms with van der Waals surface area (Å²) in [5, 5.41) is 9.59. The molecule has 1 heterocycles. The summed E-state index contributed by atoms with van der Waals surface area (Å²) in [6.45, 7) is 0.274. The Labute approximate surface area is 136 Å². The van der Waals surface area contributed by atoms with Crippen molar-refractivity contribution >= 4 is 16.7 Å². The van der Waals surface area contributed by atoms with Crippen LogP contribution in [0.4, 0.5) is 4.39 Å². The number of carbonyl (C=O) groups is 1. The first kappa shape index (κ1) is 15.7. The van der Waals surface area contributed by atoms with Gasteiger partial charge in [-0.1, -0.05) is 30.3 Å². The van der Waals surface area contributed by atoms with Gasteiger partial charge in [0.25, 0.3) is 11.5 Å². The number of amides is 1. The van der Waals surface area contributed by atoms with Crippen LogP contribution < -0.4 is 15.6 Å². The van der Waals surface area contributed by atoms with Crippen molar-refractivity contribution in [1.82, 2.24) is 15.5 Å². The van der Waals surface area contributed by atoms with Crippen LogP contribution in [0.5, 0.6) is 5.75 Å². The number of nitrogens with zero attached hydrogens (tertiary/aromatic N) is 1. The van der Waals surface area contributed by atoms with Gasteiger partial charge in [-0.3, -0.25) is 9.59 Å². The van der Waals surface area contributed by atoms with Gasteiger partial charge in [0.15, 0.2) is 17.3 Å². The van der Waals surface area contributed by atoms with Gasteiger partial charge in [0.05, 0.1) is 11.9 Å². The Morgan fingerprint density at radius 3 is 2.62 bits per heavy atom. The summed E-state index contributed by atoms with van der Waals surface area (Å²) in [7, 11) is 0. The number of nitrogens with one attached hydrogen (secondary N) is 2. The van der Waals surface area contributed by atoms with Gasteiger partial charge >= 0.3 is 0 Å². The summed E-state index contributed by atoms with van der Waals surface area (Å²) >= 11 is 0. The first-order valence-corrected chi connectivity index (χ1v) is 7.30. The van der Waals surface area contributed by atoms with Crippen molar-refractivity contribution in [3.8, 4) is 5.75 Å². The number of hydrogen-bond acceptors (Lipinski definition) is 4. The van der Waals surface area contributed by atoms with Crippen LogP contribution in [-0.4, -0.2) is 29.3 Å². The van der Waals surface area contributed by atoms with E-state index in [0.717, 1.165) is 0 Å². The molecule has 7 heteroatoms. The number of H-pyrrole nitrogens is 1. The zero-order valence-electron chi connectivity index (χ0n) is 12.6. The molecule has 0 radical (unpaired) electrons. The Balaban J connectivity index is 1.65. The highest BCUT2D eigenvalue weighted by Crippen LogP contribution is 2.15. The molecule has 3 aromatic rings. The van der Waals surface area contributed by atoms with E-state index in [1.165, 1.54) is 12.1 Å². The third kappa shape index (κ3) is 3.24. The molecule has 0 atom stereocenters. The van der Waals surface area contributed by atoms with Crippen molar-refractivity contribution in [3.05, 3.63) is 70.4 Å². The van der Waals surface area contributed by atoms with Gasteiger partial charge in [0.1, 0.15) is 6.61 Å². The van der Waals surface area contributed by atoms with E-state index in [1.807, 2.05) is 0 Å². The number of carbonyl (C=O) groups excluding carboxylic acids is 1. The minimum Gasteiger partial charge on any atom is -0.489 e. The van der Waals surface area contributed by atoms with Crippen molar-refractivity contribution in [2.75, 3.05) is 13.2 Å². The fraction of sp³-hybridized carbons (Fsp3) is 0.118. The minimum atomic E-state index is -0.461. The fourth-order valence-corrected chi connectivity index (χ4v) is 2.26. The minimum absolute atomic E-state index is 0.105. The average Bonchev–Trinajstić information content (AvgIpc) is 2.60. The van der Waals surface area contributed by atoms with E-state index >= 15 is 0 Å². The molecular formula is C17H14FN3O3. The monoisotopic (exact) mass is 327 g/mol. The van der Waals surface area contributed by atoms with Crippen molar-refractivity contribution in [2.24, 2.45) is 0 Å². The van der Waals surface area contributed by atoms with Crippen LogP contribution >= 0.6 is 0 Å². The predicted molar refractivity (Wildman–Crippen MR) is 86.6 cm³/mol. The number of benzene rings is 2. The number of rotatable bonds is 5. The van der Waals surface area contributed by atoms with Crippen LogP contribution in [-0.2, 0) is 0 Å². The lowest BCUT2D eigenvalue weighted by molar-refractivity contribution is 0.0942. The summed E-state index contributed by atoms with van der Waals surface area (Å²) in [4.78, 5) is 23.9. The van der Waals surface area contributed by atoms with Gasteiger partial charge < -0.3 is 10.1 Å². The molecule has 2 N–H and O–H groups in total. The van der Waals surface area contributed by atoms with Crippen LogP contribution in [0.1, 0.15) is 10.5 Å². The lowest BCUT2D eigenvalue weighted by atomic mass is 10.1. The van der Waals surface area contributed by atoms with Gasteiger partial charge in [0.2, 0.25) is 0 Å². The number of aromatic amines is 1. The molecule has 0 aliphatic rings. The molecule has 0 saturated carbocycles. The second kappa shape index (κ2) is 6.91. The molecule has 0 aliphatic heterocycles. The summed E-state index contributed by atoms with van der Waals surface area (Å²) in [5.41, 5.74) is -0.235. The summed E-state index contributed by atoms with van der Waals surface area (Å²) in [5.74, 6) is -0.781. The van der Waals surface area contributed by atoms with Crippen LogP contribution in [0.2, 0.25) is 0 Å². The molecule has 6 nitrogen and oxygen atoms in total. The molecule has 24 heavy (non-hydrogen) atoms. The average molecular weight is 327 g/mol. The Hall–Kier alpha value is -3.22. The van der Waals surface area contributed by atoms with Gasteiger partial charge in [-0.2, -0.15) is 5.10 Å². The normalized spacial score (nSPS) is 10.5. The lowest BCUT2D eigenvalue weighted by Crippen LogP contribution is -2.30. The summed E-state index contributed by atoms with van der Waals surface area (Å²) in [6.07, 6.45) is 0. The van der Waals surface area contributed by atoms with Crippen LogP contribution in [0.25, 0.3) is 10.8 Å². The molecule has 0 saturated heterocycles. The van der Waals surface area contributed by atoms with E-state index in [-0.39, 0.29) is 30.2 Å². The highest BCUT2D eigenvalue weighted by Gasteiger charge is 2.13. The molecule has 0 aliphatic carbocycles. The third-order valence-corrected chi connectivity index (χ3v) is 3.39. The van der Waals surface area contributed by atoms with Crippen molar-refractivity contribution in [3.63, 3.8) is 0 Å². The molecule has 0 fully saturated rings. The first-order valence-electron chi connectivity index (χ1n) is 7.30. The largest absolute Gasteiger partial charge is 0.489 e. The highest BCUT2D eigenvalue weighted by molar-refractivity contribution is 6.04. The van der Waals surface area contributed by atoms with E-state index < -0.39 is 11.7 Å². The molecule has 0 spiro atoms. The molecule has 1 amide bonds. The second-order valence-electron chi connectivity index (χ2n) is 4.98. The second-order valence-corrected chi connectivity index (χ2v) is 4.98. The molecule has 122 valence electrons. The lowest BCUT2D eigenvalue weighted by Gasteiger charge is -2.09. The fourth-order valence-electron chi connectivity index (χ4n) is 2.26. The Morgan fingerprint density at radius 1 is 1.12 bits per heavy atom. The number of hydrogen-bond donors (Lipinski definition) is 2. The molecule has 0 unspecified atom stereocenters. The number of ether oxygens (including phenoxy) is 1. The van der Waals surface area contributed by atoms with Crippen molar-refractivity contribution in [2.45, 2.75) is 0 Å². The van der Waals surface area contributed by atoms with Crippen molar-refractivity contribution in [1.29, 1.82) is 0 Å². The topological polar surface area (TPSA) is 84.1 Å². The van der Waals surface area contributed by atoms with E-state index in [2.05, 4.69) is 15.5 Å². The van der Waals surface area contributed by atoms with E-state index in [1.54, 1.807) is 36.4 Å². The maximum absolute atomic E-state index is 13.4. The van der Waals surface area contributed by atoms with Gasteiger partial charge in [-0.25, -0.2) is 9.49 Å². The zero-order chi connectivity index (χ0) is 16.9. The Bertz CT molecular complexity index is 940. The molecule has 3 rings (SSSR count). The zero-order valence-corrected chi connectivity index (χ0v) is 12.6. The number of halogens is 1. The van der Waals surface area contributed by atoms with Crippen molar-refractivity contribution < 1.29 is 13.9 Å². The van der Waals surface area contributed by atoms with Crippen LogP contribution in [0.15, 0.2) is 53.3 Å². The van der Waals surface area contributed by atoms with Gasteiger partial charge in [-0.05, 0) is 18.2 Å². The first-order chi connectivity index (χ1) is 11.7. The van der Waals surface area contributed by atoms with E-state index in [0.29, 0.717) is 10.8 Å². The molecular weight excluding hydrogens is 313 g/mol. The predicted octanol–water partition coefficient (Wildman–Crippen LogP) is 1.87. The standard InChI is InChI=1S/C17H14FN3O3/c18-13-7-3-4-8-14(13)24-10-9-19-17(23)15-11-5-1-2-6-12(11)16(22)21-20-15/h1-8H,9-10H2,(H,19,23)(H,21,22). The Morgan fingerprint density at radius 2 is 1.83 bits per heavy atom. The van der Waals surface area contributed by atoms with Crippen LogP contribution in [0, 0.1) is 5.82 Å². The number of para-hydroxylation sites is 1. The van der Waals surface area contributed by atoms with E-state index in [9.17, 15) is 14.0 Å². The third-order valence-electron chi connectivity index (χ3n) is 3.39. The quantitative estimate of drug-likeness (QED) is 0.701. The number of fused-ring (bicyclic) bond motifs is 1. The number of aromatic nitrogens is 2.